The lowest BCUT2D eigenvalue weighted by Gasteiger charge is -2.17. The lowest BCUT2D eigenvalue weighted by atomic mass is 9.91. The van der Waals surface area contributed by atoms with Crippen LogP contribution in [-0.4, -0.2) is 69.9 Å². The Balaban J connectivity index is 1.48. The number of nitrogens with zero attached hydrogens (tertiary/aromatic N) is 5. The van der Waals surface area contributed by atoms with Gasteiger partial charge in [-0.3, -0.25) is 19.2 Å². The number of ketones is 1. The topological polar surface area (TPSA) is 121 Å². The molecule has 0 saturated carbocycles. The van der Waals surface area contributed by atoms with Gasteiger partial charge in [0, 0.05) is 71.0 Å². The van der Waals surface area contributed by atoms with Crippen molar-refractivity contribution in [1.29, 1.82) is 0 Å². The molecule has 1 aliphatic heterocycles. The number of nitrogens with one attached hydrogen (secondary N) is 1. The predicted octanol–water partition coefficient (Wildman–Crippen LogP) is 3.19. The molecule has 1 N–H and O–H groups in total. The highest BCUT2D eigenvalue weighted by molar-refractivity contribution is 5.94. The molecule has 1 saturated heterocycles. The summed E-state index contributed by atoms with van der Waals surface area (Å²) in [6.45, 7) is 3.31. The van der Waals surface area contributed by atoms with Crippen molar-refractivity contribution in [2.45, 2.75) is 25.9 Å². The van der Waals surface area contributed by atoms with Crippen LogP contribution in [0, 0.1) is 18.8 Å². The number of Topliss-reactive ketones (excluding diaryl/α,β-unsaturated/α-hetero) is 1. The summed E-state index contributed by atoms with van der Waals surface area (Å²) in [4.78, 5) is 48.7. The third kappa shape index (κ3) is 6.52. The molecule has 2 atom stereocenters. The van der Waals surface area contributed by atoms with Gasteiger partial charge in [-0.2, -0.15) is 14.6 Å². The van der Waals surface area contributed by atoms with Crippen molar-refractivity contribution in [2.24, 2.45) is 13.0 Å². The first-order valence-corrected chi connectivity index (χ1v) is 14.3. The van der Waals surface area contributed by atoms with Crippen molar-refractivity contribution in [3.63, 3.8) is 0 Å². The van der Waals surface area contributed by atoms with Gasteiger partial charge in [0.1, 0.15) is 17.5 Å². The van der Waals surface area contributed by atoms with E-state index in [1.54, 1.807) is 36.2 Å². The fraction of sp³-hybridized carbons (Fsp3) is 0.344. The van der Waals surface area contributed by atoms with Crippen molar-refractivity contribution in [2.75, 3.05) is 33.9 Å². The van der Waals surface area contributed by atoms with E-state index < -0.39 is 23.5 Å². The largest absolute Gasteiger partial charge is 0.383 e. The van der Waals surface area contributed by atoms with Crippen LogP contribution in [0.15, 0.2) is 65.7 Å². The molecular formula is C32H35FN6O5. The van der Waals surface area contributed by atoms with Gasteiger partial charge >= 0.3 is 0 Å². The molecule has 0 aliphatic carbocycles. The maximum atomic E-state index is 14.0. The van der Waals surface area contributed by atoms with Gasteiger partial charge in [0.2, 0.25) is 5.95 Å². The first-order valence-electron chi connectivity index (χ1n) is 14.3. The van der Waals surface area contributed by atoms with E-state index in [1.807, 2.05) is 37.3 Å². The number of aromatic nitrogens is 4. The summed E-state index contributed by atoms with van der Waals surface area (Å²) in [5, 5.41) is 9.14. The van der Waals surface area contributed by atoms with Gasteiger partial charge in [-0.05, 0) is 48.4 Å². The van der Waals surface area contributed by atoms with Gasteiger partial charge in [0.15, 0.2) is 0 Å². The fourth-order valence-electron chi connectivity index (χ4n) is 5.57. The van der Waals surface area contributed by atoms with Crippen LogP contribution in [-0.2, 0) is 27.8 Å². The smallest absolute Gasteiger partial charge is 0.263 e. The van der Waals surface area contributed by atoms with E-state index in [0.717, 1.165) is 11.3 Å². The van der Waals surface area contributed by atoms with Crippen LogP contribution in [0.5, 0.6) is 0 Å². The maximum Gasteiger partial charge on any atom is 0.263 e. The number of para-hydroxylation sites is 1. The quantitative estimate of drug-likeness (QED) is 0.260. The molecule has 44 heavy (non-hydrogen) atoms. The molecule has 0 spiro atoms. The Morgan fingerprint density at radius 2 is 1.95 bits per heavy atom. The van der Waals surface area contributed by atoms with Crippen molar-refractivity contribution in [3.8, 4) is 16.9 Å². The zero-order valence-electron chi connectivity index (χ0n) is 25.1. The van der Waals surface area contributed by atoms with Crippen molar-refractivity contribution in [3.05, 3.63) is 99.6 Å². The van der Waals surface area contributed by atoms with Crippen molar-refractivity contribution < 1.29 is 23.6 Å². The number of hydrogen-bond acceptors (Lipinski definition) is 8. The molecule has 1 amide bonds. The highest BCUT2D eigenvalue weighted by Crippen LogP contribution is 2.37. The minimum Gasteiger partial charge on any atom is -0.383 e. The van der Waals surface area contributed by atoms with Crippen LogP contribution in [0.2, 0.25) is 0 Å². The number of hydrogen-bond donors (Lipinski definition) is 1. The molecule has 0 bridgehead atoms. The van der Waals surface area contributed by atoms with E-state index in [4.69, 9.17) is 14.7 Å². The first-order chi connectivity index (χ1) is 21.2. The number of halogens is 1. The fourth-order valence-corrected chi connectivity index (χ4v) is 5.57. The Morgan fingerprint density at radius 1 is 1.18 bits per heavy atom. The van der Waals surface area contributed by atoms with Crippen LogP contribution in [0.25, 0.3) is 16.9 Å². The Kier molecular flexibility index (Phi) is 9.43. The number of ether oxygens (including phenoxy) is 1. The minimum absolute atomic E-state index is 0.00311. The van der Waals surface area contributed by atoms with E-state index in [1.165, 1.54) is 29.9 Å². The highest BCUT2D eigenvalue weighted by atomic mass is 19.1. The number of pyridine rings is 2. The average molecular weight is 603 g/mol. The summed E-state index contributed by atoms with van der Waals surface area (Å²) >= 11 is 0. The molecule has 1 fully saturated rings. The van der Waals surface area contributed by atoms with Crippen LogP contribution in [0.3, 0.4) is 0 Å². The summed E-state index contributed by atoms with van der Waals surface area (Å²) in [5.41, 5.74) is 3.52. The number of carbonyl (C=O) groups excluding carboxylic acids is 2. The third-order valence-corrected chi connectivity index (χ3v) is 7.78. The summed E-state index contributed by atoms with van der Waals surface area (Å²) in [7, 11) is 4.65. The highest BCUT2D eigenvalue weighted by Gasteiger charge is 2.37. The molecule has 230 valence electrons. The SMILES string of the molecule is CNC(=O)c1cc(-c2nn(-c3ccccc3)c(CC(=O)C[C@@H]3CN(CCOC)O[C@H]3c3ccnc(F)c3)c2C)cn(C)c1=O. The Bertz CT molecular complexity index is 1720. The summed E-state index contributed by atoms with van der Waals surface area (Å²) < 4.78 is 22.3. The second-order valence-electron chi connectivity index (χ2n) is 10.8. The van der Waals surface area contributed by atoms with Crippen LogP contribution < -0.4 is 10.9 Å². The van der Waals surface area contributed by atoms with Gasteiger partial charge in [-0.15, -0.1) is 0 Å². The standard InChI is InChI=1S/C32H35FN6O5/c1-20-27(17-25(40)14-23-19-38(12-13-43-4)44-30(23)21-10-11-35-28(33)16-21)39(24-8-6-5-7-9-24)36-29(20)22-15-26(31(41)34-2)32(42)37(3)18-22/h5-11,15-16,18,23,30H,12-14,17,19H2,1-4H3,(H,34,41)/t23-,30+/m1/s1. The Hall–Kier alpha value is -4.52. The van der Waals surface area contributed by atoms with Gasteiger partial charge in [0.05, 0.1) is 23.7 Å². The van der Waals surface area contributed by atoms with Gasteiger partial charge in [0.25, 0.3) is 11.5 Å². The van der Waals surface area contributed by atoms with E-state index in [2.05, 4.69) is 10.3 Å². The maximum absolute atomic E-state index is 14.0. The first kappa shape index (κ1) is 30.9. The average Bonchev–Trinajstić information content (AvgIpc) is 3.57. The Labute approximate surface area is 254 Å². The predicted molar refractivity (Wildman–Crippen MR) is 161 cm³/mol. The molecule has 0 unspecified atom stereocenters. The van der Waals surface area contributed by atoms with Crippen LogP contribution >= 0.6 is 0 Å². The second-order valence-corrected chi connectivity index (χ2v) is 10.8. The van der Waals surface area contributed by atoms with Gasteiger partial charge in [-0.25, -0.2) is 9.67 Å². The number of carbonyl (C=O) groups is 2. The molecule has 12 heteroatoms. The molecule has 0 radical (unpaired) electrons. The summed E-state index contributed by atoms with van der Waals surface area (Å²) in [5.74, 6) is -1.37. The molecule has 4 heterocycles. The molecule has 1 aromatic carbocycles. The molecule has 3 aromatic heterocycles. The number of hydroxylamine groups is 2. The molecule has 4 aromatic rings. The van der Waals surface area contributed by atoms with E-state index in [9.17, 15) is 18.8 Å². The number of aryl methyl sites for hydroxylation is 1. The second kappa shape index (κ2) is 13.4. The number of amides is 1. The monoisotopic (exact) mass is 602 g/mol. The third-order valence-electron chi connectivity index (χ3n) is 7.78. The molecule has 11 nitrogen and oxygen atoms in total. The minimum atomic E-state index is -0.612. The molecule has 1 aliphatic rings. The zero-order chi connectivity index (χ0) is 31.4. The molecule has 5 rings (SSSR count). The van der Waals surface area contributed by atoms with Crippen LogP contribution in [0.4, 0.5) is 4.39 Å². The van der Waals surface area contributed by atoms with Gasteiger partial charge < -0.3 is 14.6 Å². The van der Waals surface area contributed by atoms with Crippen LogP contribution in [0.1, 0.15) is 39.7 Å². The van der Waals surface area contributed by atoms with E-state index >= 15 is 0 Å². The number of benzene rings is 1. The van der Waals surface area contributed by atoms with E-state index in [0.29, 0.717) is 42.2 Å². The van der Waals surface area contributed by atoms with Crippen molar-refractivity contribution >= 4 is 11.7 Å². The zero-order valence-corrected chi connectivity index (χ0v) is 25.1. The van der Waals surface area contributed by atoms with E-state index in [-0.39, 0.29) is 30.1 Å². The number of rotatable bonds is 11. The lowest BCUT2D eigenvalue weighted by Crippen LogP contribution is -2.30. The lowest BCUT2D eigenvalue weighted by molar-refractivity contribution is -0.155. The van der Waals surface area contributed by atoms with Crippen molar-refractivity contribution in [1.82, 2.24) is 29.7 Å². The normalized spacial score (nSPS) is 16.8. The van der Waals surface area contributed by atoms with Gasteiger partial charge in [-0.1, -0.05) is 18.2 Å². The Morgan fingerprint density at radius 3 is 2.66 bits per heavy atom. The molecular weight excluding hydrogens is 567 g/mol. The summed E-state index contributed by atoms with van der Waals surface area (Å²) in [6, 6.07) is 14.0. The summed E-state index contributed by atoms with van der Waals surface area (Å²) in [6.07, 6.45) is 2.77. The number of methoxy groups -OCH3 is 1.